The molecular formula is C18H20N6O3. The Kier molecular flexibility index (Phi) is 4.82. The van der Waals surface area contributed by atoms with E-state index >= 15 is 0 Å². The monoisotopic (exact) mass is 368 g/mol. The molecule has 9 nitrogen and oxygen atoms in total. The molecule has 1 unspecified atom stereocenters. The summed E-state index contributed by atoms with van der Waals surface area (Å²) in [6.07, 6.45) is 4.47. The average Bonchev–Trinajstić information content (AvgIpc) is 3.36. The third kappa shape index (κ3) is 3.81. The van der Waals surface area contributed by atoms with Gasteiger partial charge in [0.15, 0.2) is 11.6 Å². The highest BCUT2D eigenvalue weighted by Crippen LogP contribution is 2.29. The number of aromatic nitrogens is 4. The highest BCUT2D eigenvalue weighted by atomic mass is 16.5. The Labute approximate surface area is 155 Å². The van der Waals surface area contributed by atoms with Crippen LogP contribution in [0, 0.1) is 6.92 Å². The van der Waals surface area contributed by atoms with Crippen molar-refractivity contribution in [2.24, 2.45) is 0 Å². The van der Waals surface area contributed by atoms with Crippen LogP contribution in [0.3, 0.4) is 0 Å². The van der Waals surface area contributed by atoms with Gasteiger partial charge in [-0.3, -0.25) is 4.98 Å². The minimum Gasteiger partial charge on any atom is -0.359 e. The maximum absolute atomic E-state index is 12.7. The minimum absolute atomic E-state index is 0.189. The van der Waals surface area contributed by atoms with Gasteiger partial charge in [-0.1, -0.05) is 16.4 Å². The number of hydrogen-bond donors (Lipinski definition) is 1. The zero-order valence-corrected chi connectivity index (χ0v) is 15.0. The molecule has 140 valence electrons. The summed E-state index contributed by atoms with van der Waals surface area (Å²) in [4.78, 5) is 23.0. The van der Waals surface area contributed by atoms with E-state index in [1.165, 1.54) is 0 Å². The number of nitrogens with one attached hydrogen (secondary N) is 1. The second-order valence-corrected chi connectivity index (χ2v) is 6.44. The second kappa shape index (κ2) is 7.56. The van der Waals surface area contributed by atoms with Crippen molar-refractivity contribution in [3.8, 4) is 11.4 Å². The Hall–Kier alpha value is -3.23. The van der Waals surface area contributed by atoms with E-state index in [0.717, 1.165) is 25.0 Å². The van der Waals surface area contributed by atoms with E-state index in [2.05, 4.69) is 25.6 Å². The molecule has 27 heavy (non-hydrogen) atoms. The molecule has 4 heterocycles. The molecule has 3 aromatic rings. The van der Waals surface area contributed by atoms with E-state index in [4.69, 9.17) is 9.05 Å². The van der Waals surface area contributed by atoms with Crippen LogP contribution in [-0.4, -0.2) is 37.8 Å². The SMILES string of the molecule is Cc1noc(C2CCCCN2C(=O)NCc2cc(-c3ccccn3)no2)n1. The third-order valence-electron chi connectivity index (χ3n) is 4.49. The predicted octanol–water partition coefficient (Wildman–Crippen LogP) is 2.86. The molecule has 1 atom stereocenters. The first-order valence-electron chi connectivity index (χ1n) is 8.92. The van der Waals surface area contributed by atoms with E-state index in [9.17, 15) is 4.79 Å². The molecule has 0 radical (unpaired) electrons. The smallest absolute Gasteiger partial charge is 0.318 e. The number of likely N-dealkylation sites (tertiary alicyclic amines) is 1. The number of urea groups is 1. The molecule has 0 saturated carbocycles. The van der Waals surface area contributed by atoms with Crippen molar-refractivity contribution < 1.29 is 13.8 Å². The fourth-order valence-electron chi connectivity index (χ4n) is 3.18. The van der Waals surface area contributed by atoms with Gasteiger partial charge in [0, 0.05) is 18.8 Å². The van der Waals surface area contributed by atoms with Crippen LogP contribution in [0.5, 0.6) is 0 Å². The van der Waals surface area contributed by atoms with E-state index in [1.807, 2.05) is 18.2 Å². The number of hydrogen-bond acceptors (Lipinski definition) is 7. The summed E-state index contributed by atoms with van der Waals surface area (Å²) >= 11 is 0. The summed E-state index contributed by atoms with van der Waals surface area (Å²) in [5.41, 5.74) is 1.36. The van der Waals surface area contributed by atoms with Crippen molar-refractivity contribution in [3.63, 3.8) is 0 Å². The Bertz CT molecular complexity index is 907. The number of carbonyl (C=O) groups excluding carboxylic acids is 1. The number of pyridine rings is 1. The number of nitrogens with zero attached hydrogens (tertiary/aromatic N) is 5. The van der Waals surface area contributed by atoms with Crippen LogP contribution >= 0.6 is 0 Å². The Morgan fingerprint density at radius 1 is 1.26 bits per heavy atom. The highest BCUT2D eigenvalue weighted by Gasteiger charge is 2.32. The van der Waals surface area contributed by atoms with Gasteiger partial charge in [-0.05, 0) is 38.3 Å². The molecule has 1 saturated heterocycles. The summed E-state index contributed by atoms with van der Waals surface area (Å²) in [6.45, 7) is 2.65. The molecule has 0 spiro atoms. The number of piperidine rings is 1. The zero-order chi connectivity index (χ0) is 18.6. The zero-order valence-electron chi connectivity index (χ0n) is 15.0. The van der Waals surface area contributed by atoms with Crippen LogP contribution in [0.4, 0.5) is 4.79 Å². The van der Waals surface area contributed by atoms with E-state index in [-0.39, 0.29) is 18.6 Å². The number of aryl methyl sites for hydroxylation is 1. The normalized spacial score (nSPS) is 17.1. The van der Waals surface area contributed by atoms with Gasteiger partial charge in [-0.25, -0.2) is 4.79 Å². The number of carbonyl (C=O) groups is 1. The summed E-state index contributed by atoms with van der Waals surface area (Å²) in [5, 5.41) is 10.7. The lowest BCUT2D eigenvalue weighted by Crippen LogP contribution is -2.44. The number of amides is 2. The van der Waals surface area contributed by atoms with Gasteiger partial charge in [0.1, 0.15) is 11.7 Å². The first-order valence-corrected chi connectivity index (χ1v) is 8.92. The highest BCUT2D eigenvalue weighted by molar-refractivity contribution is 5.74. The molecule has 2 amide bonds. The average molecular weight is 368 g/mol. The van der Waals surface area contributed by atoms with Gasteiger partial charge in [0.05, 0.1) is 12.2 Å². The third-order valence-corrected chi connectivity index (χ3v) is 4.49. The largest absolute Gasteiger partial charge is 0.359 e. The second-order valence-electron chi connectivity index (χ2n) is 6.44. The minimum atomic E-state index is -0.196. The van der Waals surface area contributed by atoms with Crippen molar-refractivity contribution in [2.75, 3.05) is 6.54 Å². The van der Waals surface area contributed by atoms with Crippen molar-refractivity contribution in [1.29, 1.82) is 0 Å². The van der Waals surface area contributed by atoms with Gasteiger partial charge >= 0.3 is 6.03 Å². The quantitative estimate of drug-likeness (QED) is 0.754. The van der Waals surface area contributed by atoms with Crippen molar-refractivity contribution in [3.05, 3.63) is 47.9 Å². The van der Waals surface area contributed by atoms with Crippen LogP contribution < -0.4 is 5.32 Å². The van der Waals surface area contributed by atoms with Gasteiger partial charge < -0.3 is 19.3 Å². The lowest BCUT2D eigenvalue weighted by molar-refractivity contribution is 0.131. The van der Waals surface area contributed by atoms with Crippen molar-refractivity contribution in [1.82, 2.24) is 30.5 Å². The summed E-state index contributed by atoms with van der Waals surface area (Å²) in [7, 11) is 0. The Balaban J connectivity index is 1.40. The van der Waals surface area contributed by atoms with Crippen LogP contribution in [0.1, 0.15) is 42.8 Å². The number of rotatable bonds is 4. The van der Waals surface area contributed by atoms with Crippen molar-refractivity contribution in [2.45, 2.75) is 38.8 Å². The lowest BCUT2D eigenvalue weighted by atomic mass is 10.0. The fourth-order valence-corrected chi connectivity index (χ4v) is 3.18. The van der Waals surface area contributed by atoms with E-state index < -0.39 is 0 Å². The van der Waals surface area contributed by atoms with Crippen LogP contribution in [0.25, 0.3) is 11.4 Å². The summed E-state index contributed by atoms with van der Waals surface area (Å²) < 4.78 is 10.6. The lowest BCUT2D eigenvalue weighted by Gasteiger charge is -2.33. The molecule has 1 N–H and O–H groups in total. The van der Waals surface area contributed by atoms with Crippen LogP contribution in [0.2, 0.25) is 0 Å². The Morgan fingerprint density at radius 2 is 2.19 bits per heavy atom. The topological polar surface area (TPSA) is 110 Å². The molecular weight excluding hydrogens is 348 g/mol. The molecule has 0 bridgehead atoms. The molecule has 0 aromatic carbocycles. The molecule has 4 rings (SSSR count). The molecule has 1 aliphatic heterocycles. The molecule has 0 aliphatic carbocycles. The standard InChI is InChI=1S/C18H20N6O3/c1-12-21-17(27-22-12)16-7-3-5-9-24(16)18(25)20-11-13-10-15(23-26-13)14-6-2-4-8-19-14/h2,4,6,8,10,16H,3,5,7,9,11H2,1H3,(H,20,25). The van der Waals surface area contributed by atoms with E-state index in [1.54, 1.807) is 24.1 Å². The fraction of sp³-hybridized carbons (Fsp3) is 0.389. The van der Waals surface area contributed by atoms with Crippen LogP contribution in [0.15, 0.2) is 39.5 Å². The molecule has 1 aliphatic rings. The van der Waals surface area contributed by atoms with Gasteiger partial charge in [-0.2, -0.15) is 4.98 Å². The molecule has 1 fully saturated rings. The van der Waals surface area contributed by atoms with Gasteiger partial charge in [0.25, 0.3) is 0 Å². The predicted molar refractivity (Wildman–Crippen MR) is 94.3 cm³/mol. The summed E-state index contributed by atoms with van der Waals surface area (Å²) in [6, 6.07) is 6.96. The van der Waals surface area contributed by atoms with Crippen molar-refractivity contribution >= 4 is 6.03 Å². The molecule has 9 heteroatoms. The molecule has 3 aromatic heterocycles. The van der Waals surface area contributed by atoms with Gasteiger partial charge in [-0.15, -0.1) is 0 Å². The summed E-state index contributed by atoms with van der Waals surface area (Å²) in [5.74, 6) is 1.62. The first kappa shape index (κ1) is 17.2. The first-order chi connectivity index (χ1) is 13.2. The Morgan fingerprint density at radius 3 is 2.96 bits per heavy atom. The van der Waals surface area contributed by atoms with E-state index in [0.29, 0.717) is 29.7 Å². The maximum Gasteiger partial charge on any atom is 0.318 e. The van der Waals surface area contributed by atoms with Crippen LogP contribution in [-0.2, 0) is 6.54 Å². The van der Waals surface area contributed by atoms with Gasteiger partial charge in [0.2, 0.25) is 5.89 Å². The maximum atomic E-state index is 12.7.